The smallest absolute Gasteiger partial charge is 0.223 e. The summed E-state index contributed by atoms with van der Waals surface area (Å²) in [4.78, 5) is 4.17. The first-order chi connectivity index (χ1) is 10.1. The van der Waals surface area contributed by atoms with Gasteiger partial charge in [0.25, 0.3) is 0 Å². The van der Waals surface area contributed by atoms with Gasteiger partial charge in [0.05, 0.1) is 16.6 Å². The summed E-state index contributed by atoms with van der Waals surface area (Å²) >= 11 is 12.0. The fourth-order valence-electron chi connectivity index (χ4n) is 1.98. The standard InChI is InChI=1S/C14H17Cl2N3O2/c1-9-18-14(19-21-9)8-17-13(5-6-20-2)10-3-4-11(15)12(16)7-10/h3-4,7,13,17H,5-6,8H2,1-2H3/t13-/m0/s1. The van der Waals surface area contributed by atoms with E-state index in [4.69, 9.17) is 32.5 Å². The van der Waals surface area contributed by atoms with Crippen LogP contribution in [0.4, 0.5) is 0 Å². The molecule has 0 spiro atoms. The summed E-state index contributed by atoms with van der Waals surface area (Å²) in [5, 5.41) is 8.32. The molecule has 5 nitrogen and oxygen atoms in total. The van der Waals surface area contributed by atoms with E-state index in [0.29, 0.717) is 34.9 Å². The van der Waals surface area contributed by atoms with Gasteiger partial charge in [-0.15, -0.1) is 0 Å². The Labute approximate surface area is 133 Å². The van der Waals surface area contributed by atoms with Crippen molar-refractivity contribution >= 4 is 23.2 Å². The van der Waals surface area contributed by atoms with Gasteiger partial charge >= 0.3 is 0 Å². The second-order valence-electron chi connectivity index (χ2n) is 4.62. The lowest BCUT2D eigenvalue weighted by atomic mass is 10.0. The van der Waals surface area contributed by atoms with Gasteiger partial charge in [-0.3, -0.25) is 0 Å². The monoisotopic (exact) mass is 329 g/mol. The van der Waals surface area contributed by atoms with Crippen molar-refractivity contribution in [2.75, 3.05) is 13.7 Å². The highest BCUT2D eigenvalue weighted by Gasteiger charge is 2.14. The zero-order chi connectivity index (χ0) is 15.2. The van der Waals surface area contributed by atoms with Crippen molar-refractivity contribution in [1.29, 1.82) is 0 Å². The highest BCUT2D eigenvalue weighted by Crippen LogP contribution is 2.27. The van der Waals surface area contributed by atoms with Crippen LogP contribution in [0.1, 0.15) is 29.7 Å². The van der Waals surface area contributed by atoms with Crippen LogP contribution in [-0.2, 0) is 11.3 Å². The van der Waals surface area contributed by atoms with Crippen LogP contribution in [0.15, 0.2) is 22.7 Å². The molecular weight excluding hydrogens is 313 g/mol. The molecule has 0 fully saturated rings. The summed E-state index contributed by atoms with van der Waals surface area (Å²) in [7, 11) is 1.68. The average Bonchev–Trinajstić information content (AvgIpc) is 2.88. The second kappa shape index (κ2) is 7.75. The molecule has 0 unspecified atom stereocenters. The molecule has 0 saturated heterocycles. The van der Waals surface area contributed by atoms with Gasteiger partial charge in [0, 0.05) is 26.7 Å². The molecule has 1 aromatic carbocycles. The second-order valence-corrected chi connectivity index (χ2v) is 5.43. The fourth-order valence-corrected chi connectivity index (χ4v) is 2.29. The molecule has 21 heavy (non-hydrogen) atoms. The Kier molecular flexibility index (Phi) is 5.99. The first kappa shape index (κ1) is 16.2. The molecule has 2 rings (SSSR count). The van der Waals surface area contributed by atoms with Gasteiger partial charge < -0.3 is 14.6 Å². The number of aryl methyl sites for hydroxylation is 1. The molecule has 1 aromatic heterocycles. The van der Waals surface area contributed by atoms with Crippen molar-refractivity contribution in [2.24, 2.45) is 0 Å². The predicted octanol–water partition coefficient (Wildman–Crippen LogP) is 3.55. The molecule has 0 radical (unpaired) electrons. The van der Waals surface area contributed by atoms with Gasteiger partial charge in [-0.1, -0.05) is 34.4 Å². The maximum Gasteiger partial charge on any atom is 0.223 e. The van der Waals surface area contributed by atoms with Crippen LogP contribution in [0.3, 0.4) is 0 Å². The van der Waals surface area contributed by atoms with Crippen molar-refractivity contribution in [2.45, 2.75) is 25.9 Å². The summed E-state index contributed by atoms with van der Waals surface area (Å²) in [6, 6.07) is 5.67. The van der Waals surface area contributed by atoms with Gasteiger partial charge in [-0.05, 0) is 24.1 Å². The first-order valence-corrected chi connectivity index (χ1v) is 7.32. The van der Waals surface area contributed by atoms with E-state index < -0.39 is 0 Å². The zero-order valence-corrected chi connectivity index (χ0v) is 13.4. The Morgan fingerprint density at radius 3 is 2.76 bits per heavy atom. The van der Waals surface area contributed by atoms with Crippen molar-refractivity contribution < 1.29 is 9.26 Å². The molecule has 0 aliphatic rings. The maximum atomic E-state index is 6.08. The Hall–Kier alpha value is -1.14. The topological polar surface area (TPSA) is 60.2 Å². The molecule has 7 heteroatoms. The van der Waals surface area contributed by atoms with Gasteiger partial charge in [0.15, 0.2) is 5.82 Å². The quantitative estimate of drug-likeness (QED) is 0.841. The predicted molar refractivity (Wildman–Crippen MR) is 81.6 cm³/mol. The third-order valence-electron chi connectivity index (χ3n) is 3.03. The number of methoxy groups -OCH3 is 1. The summed E-state index contributed by atoms with van der Waals surface area (Å²) in [5.41, 5.74) is 1.04. The van der Waals surface area contributed by atoms with E-state index in [2.05, 4.69) is 15.5 Å². The molecule has 0 aliphatic heterocycles. The van der Waals surface area contributed by atoms with Crippen LogP contribution in [0.5, 0.6) is 0 Å². The highest BCUT2D eigenvalue weighted by molar-refractivity contribution is 6.42. The number of benzene rings is 1. The lowest BCUT2D eigenvalue weighted by molar-refractivity contribution is 0.182. The zero-order valence-electron chi connectivity index (χ0n) is 11.9. The van der Waals surface area contributed by atoms with Crippen LogP contribution in [-0.4, -0.2) is 23.9 Å². The van der Waals surface area contributed by atoms with Crippen LogP contribution in [0.2, 0.25) is 10.0 Å². The Morgan fingerprint density at radius 1 is 1.33 bits per heavy atom. The van der Waals surface area contributed by atoms with Crippen molar-refractivity contribution in [3.05, 3.63) is 45.5 Å². The van der Waals surface area contributed by atoms with Gasteiger partial charge in [0.2, 0.25) is 5.89 Å². The van der Waals surface area contributed by atoms with Crippen molar-refractivity contribution in [1.82, 2.24) is 15.5 Å². The molecule has 0 amide bonds. The number of hydrogen-bond donors (Lipinski definition) is 1. The fraction of sp³-hybridized carbons (Fsp3) is 0.429. The van der Waals surface area contributed by atoms with Gasteiger partial charge in [-0.25, -0.2) is 0 Å². The summed E-state index contributed by atoms with van der Waals surface area (Å²) in [6.07, 6.45) is 0.797. The van der Waals surface area contributed by atoms with Crippen molar-refractivity contribution in [3.63, 3.8) is 0 Å². The van der Waals surface area contributed by atoms with E-state index in [-0.39, 0.29) is 6.04 Å². The number of halogens is 2. The minimum atomic E-state index is 0.0681. The minimum Gasteiger partial charge on any atom is -0.385 e. The number of aromatic nitrogens is 2. The van der Waals surface area contributed by atoms with E-state index in [0.717, 1.165) is 12.0 Å². The summed E-state index contributed by atoms with van der Waals surface area (Å²) < 4.78 is 10.1. The third kappa shape index (κ3) is 4.68. The van der Waals surface area contributed by atoms with Crippen LogP contribution in [0.25, 0.3) is 0 Å². The first-order valence-electron chi connectivity index (χ1n) is 6.56. The Balaban J connectivity index is 2.07. The van der Waals surface area contributed by atoms with E-state index >= 15 is 0 Å². The van der Waals surface area contributed by atoms with Crippen LogP contribution >= 0.6 is 23.2 Å². The van der Waals surface area contributed by atoms with Gasteiger partial charge in [0.1, 0.15) is 0 Å². The van der Waals surface area contributed by atoms with Crippen LogP contribution in [0, 0.1) is 6.92 Å². The molecule has 1 atom stereocenters. The molecule has 0 bridgehead atoms. The highest BCUT2D eigenvalue weighted by atomic mass is 35.5. The van der Waals surface area contributed by atoms with Crippen molar-refractivity contribution in [3.8, 4) is 0 Å². The number of rotatable bonds is 7. The summed E-state index contributed by atoms with van der Waals surface area (Å²) in [5.74, 6) is 1.17. The molecule has 0 saturated carbocycles. The Bertz CT molecular complexity index is 589. The number of nitrogens with zero attached hydrogens (tertiary/aromatic N) is 2. The molecule has 114 valence electrons. The number of nitrogens with one attached hydrogen (secondary N) is 1. The largest absolute Gasteiger partial charge is 0.385 e. The van der Waals surface area contributed by atoms with Crippen LogP contribution < -0.4 is 5.32 Å². The molecule has 1 heterocycles. The maximum absolute atomic E-state index is 6.08. The Morgan fingerprint density at radius 2 is 2.14 bits per heavy atom. The number of ether oxygens (including phenoxy) is 1. The third-order valence-corrected chi connectivity index (χ3v) is 3.77. The minimum absolute atomic E-state index is 0.0681. The number of hydrogen-bond acceptors (Lipinski definition) is 5. The lowest BCUT2D eigenvalue weighted by Gasteiger charge is -2.18. The van der Waals surface area contributed by atoms with E-state index in [9.17, 15) is 0 Å². The summed E-state index contributed by atoms with van der Waals surface area (Å²) in [6.45, 7) is 2.90. The molecule has 0 aliphatic carbocycles. The average molecular weight is 330 g/mol. The molecular formula is C14H17Cl2N3O2. The normalized spacial score (nSPS) is 12.6. The molecule has 1 N–H and O–H groups in total. The molecule has 2 aromatic rings. The SMILES string of the molecule is COCC[C@H](NCc1noc(C)n1)c1ccc(Cl)c(Cl)c1. The van der Waals surface area contributed by atoms with E-state index in [1.807, 2.05) is 12.1 Å². The lowest BCUT2D eigenvalue weighted by Crippen LogP contribution is -2.23. The van der Waals surface area contributed by atoms with E-state index in [1.54, 1.807) is 20.1 Å². The van der Waals surface area contributed by atoms with E-state index in [1.165, 1.54) is 0 Å². The van der Waals surface area contributed by atoms with Gasteiger partial charge in [-0.2, -0.15) is 4.98 Å².